The summed E-state index contributed by atoms with van der Waals surface area (Å²) in [6.45, 7) is 4.48. The number of hydrogen-bond donors (Lipinski definition) is 3. The first-order valence-electron chi connectivity index (χ1n) is 13.7. The summed E-state index contributed by atoms with van der Waals surface area (Å²) < 4.78 is 30.3. The highest BCUT2D eigenvalue weighted by molar-refractivity contribution is 6.30. The summed E-state index contributed by atoms with van der Waals surface area (Å²) in [5.41, 5.74) is 0.616. The Balaban J connectivity index is 1.58. The number of benzene rings is 1. The maximum atomic E-state index is 15.1. The highest BCUT2D eigenvalue weighted by Crippen LogP contribution is 2.49. The molecule has 2 bridgehead atoms. The van der Waals surface area contributed by atoms with Gasteiger partial charge in [0.2, 0.25) is 17.7 Å². The van der Waals surface area contributed by atoms with Crippen LogP contribution < -0.4 is 16.0 Å². The molecule has 1 aromatic rings. The van der Waals surface area contributed by atoms with Gasteiger partial charge in [0.25, 0.3) is 5.92 Å². The molecule has 0 unspecified atom stereocenters. The molecule has 4 fully saturated rings. The van der Waals surface area contributed by atoms with Gasteiger partial charge in [0.05, 0.1) is 12.0 Å². The predicted molar refractivity (Wildman–Crippen MR) is 143 cm³/mol. The van der Waals surface area contributed by atoms with Gasteiger partial charge < -0.3 is 20.9 Å². The van der Waals surface area contributed by atoms with Crippen LogP contribution in [0.1, 0.15) is 58.8 Å². The first kappa shape index (κ1) is 29.1. The second-order valence-electron chi connectivity index (χ2n) is 11.4. The number of nitriles is 1. The van der Waals surface area contributed by atoms with Gasteiger partial charge in [0.1, 0.15) is 18.1 Å². The Labute approximate surface area is 232 Å². The van der Waals surface area contributed by atoms with Crippen LogP contribution in [0.25, 0.3) is 0 Å². The standard InChI is InChI=1S/C28H36ClF2N5O3/c1-16(2)11-23(34-19-7-3-6-18(29)13-19)27(39)36-21-8-9-22(28(30,31)14-21)24(36)26(38)35-20(15-32)12-17-5-4-10-33-25(17)37/h3,6-7,13,16-17,20-24,34H,4-5,8-12,14H2,1-2H3,(H,33,37)(H,35,38)/t17-,20-,21-,22-,23-,24-/m0/s1. The summed E-state index contributed by atoms with van der Waals surface area (Å²) >= 11 is 6.13. The molecule has 3 aliphatic heterocycles. The van der Waals surface area contributed by atoms with Gasteiger partial charge in [-0.3, -0.25) is 14.4 Å². The minimum absolute atomic E-state index is 0.0888. The number of fused-ring (bicyclic) bond motifs is 3. The van der Waals surface area contributed by atoms with Crippen LogP contribution in [-0.2, 0) is 14.4 Å². The van der Waals surface area contributed by atoms with Crippen molar-refractivity contribution < 1.29 is 23.2 Å². The van der Waals surface area contributed by atoms with Crippen LogP contribution in [0.5, 0.6) is 0 Å². The number of amides is 3. The predicted octanol–water partition coefficient (Wildman–Crippen LogP) is 4.11. The van der Waals surface area contributed by atoms with Gasteiger partial charge in [-0.1, -0.05) is 31.5 Å². The van der Waals surface area contributed by atoms with Crippen LogP contribution in [0.4, 0.5) is 14.5 Å². The van der Waals surface area contributed by atoms with Crippen LogP contribution >= 0.6 is 11.6 Å². The van der Waals surface area contributed by atoms with Crippen LogP contribution in [0.3, 0.4) is 0 Å². The number of halogens is 3. The number of carbonyl (C=O) groups excluding carboxylic acids is 3. The van der Waals surface area contributed by atoms with E-state index in [-0.39, 0.29) is 24.7 Å². The lowest BCUT2D eigenvalue weighted by atomic mass is 9.71. The molecule has 3 heterocycles. The van der Waals surface area contributed by atoms with Gasteiger partial charge in [-0.05, 0) is 62.6 Å². The molecular weight excluding hydrogens is 528 g/mol. The van der Waals surface area contributed by atoms with E-state index < -0.39 is 60.2 Å². The number of nitrogens with one attached hydrogen (secondary N) is 3. The van der Waals surface area contributed by atoms with Crippen molar-refractivity contribution in [3.05, 3.63) is 29.3 Å². The molecule has 3 amide bonds. The third-order valence-corrected chi connectivity index (χ3v) is 8.26. The van der Waals surface area contributed by atoms with E-state index in [4.69, 9.17) is 11.6 Å². The Morgan fingerprint density at radius 1 is 1.28 bits per heavy atom. The van der Waals surface area contributed by atoms with Crippen molar-refractivity contribution in [2.24, 2.45) is 17.8 Å². The molecule has 3 N–H and O–H groups in total. The number of nitrogens with zero attached hydrogens (tertiary/aromatic N) is 2. The van der Waals surface area contributed by atoms with Crippen molar-refractivity contribution in [1.29, 1.82) is 5.26 Å². The molecule has 8 nitrogen and oxygen atoms in total. The summed E-state index contributed by atoms with van der Waals surface area (Å²) in [6.07, 6.45) is 1.85. The molecule has 212 valence electrons. The molecular formula is C28H36ClF2N5O3. The third-order valence-electron chi connectivity index (χ3n) is 8.02. The van der Waals surface area contributed by atoms with Gasteiger partial charge in [-0.25, -0.2) is 8.78 Å². The average molecular weight is 564 g/mol. The highest BCUT2D eigenvalue weighted by Gasteiger charge is 2.61. The number of piperidine rings is 3. The lowest BCUT2D eigenvalue weighted by Crippen LogP contribution is -2.70. The Hall–Kier alpha value is -2.93. The van der Waals surface area contributed by atoms with E-state index in [1.54, 1.807) is 24.3 Å². The summed E-state index contributed by atoms with van der Waals surface area (Å²) in [6, 6.07) is 4.91. The molecule has 0 radical (unpaired) electrons. The zero-order chi connectivity index (χ0) is 28.3. The fourth-order valence-corrected chi connectivity index (χ4v) is 6.41. The summed E-state index contributed by atoms with van der Waals surface area (Å²) in [4.78, 5) is 41.2. The van der Waals surface area contributed by atoms with E-state index in [9.17, 15) is 19.6 Å². The maximum absolute atomic E-state index is 15.1. The van der Waals surface area contributed by atoms with Gasteiger partial charge in [-0.2, -0.15) is 5.26 Å². The van der Waals surface area contributed by atoms with E-state index in [0.717, 1.165) is 6.42 Å². The van der Waals surface area contributed by atoms with Crippen molar-refractivity contribution in [2.75, 3.05) is 11.9 Å². The molecule has 1 aromatic carbocycles. The molecule has 1 saturated carbocycles. The van der Waals surface area contributed by atoms with E-state index >= 15 is 8.78 Å². The Kier molecular flexibility index (Phi) is 9.00. The van der Waals surface area contributed by atoms with Crippen molar-refractivity contribution >= 4 is 35.0 Å². The Bertz CT molecular complexity index is 1130. The molecule has 1 aliphatic carbocycles. The molecule has 3 saturated heterocycles. The van der Waals surface area contributed by atoms with Crippen molar-refractivity contribution in [1.82, 2.24) is 15.5 Å². The molecule has 0 aromatic heterocycles. The normalized spacial score (nSPS) is 27.3. The third kappa shape index (κ3) is 6.63. The topological polar surface area (TPSA) is 114 Å². The monoisotopic (exact) mass is 563 g/mol. The van der Waals surface area contributed by atoms with E-state index in [0.29, 0.717) is 36.5 Å². The van der Waals surface area contributed by atoms with Gasteiger partial charge >= 0.3 is 0 Å². The summed E-state index contributed by atoms with van der Waals surface area (Å²) in [7, 11) is 0. The van der Waals surface area contributed by atoms with Gasteiger partial charge in [0, 0.05) is 35.6 Å². The van der Waals surface area contributed by atoms with Crippen LogP contribution in [-0.4, -0.2) is 59.3 Å². The Morgan fingerprint density at radius 3 is 2.69 bits per heavy atom. The number of carbonyl (C=O) groups is 3. The molecule has 0 spiro atoms. The lowest BCUT2D eigenvalue weighted by molar-refractivity contribution is -0.194. The molecule has 4 aliphatic rings. The zero-order valence-corrected chi connectivity index (χ0v) is 23.0. The second-order valence-corrected chi connectivity index (χ2v) is 11.8. The average Bonchev–Trinajstić information content (AvgIpc) is 2.87. The van der Waals surface area contributed by atoms with Crippen molar-refractivity contribution in [3.8, 4) is 6.07 Å². The van der Waals surface area contributed by atoms with Gasteiger partial charge in [-0.15, -0.1) is 0 Å². The maximum Gasteiger partial charge on any atom is 0.255 e. The summed E-state index contributed by atoms with van der Waals surface area (Å²) in [5.74, 6) is -6.18. The van der Waals surface area contributed by atoms with E-state index in [2.05, 4.69) is 16.0 Å². The summed E-state index contributed by atoms with van der Waals surface area (Å²) in [5, 5.41) is 18.8. The largest absolute Gasteiger partial charge is 0.374 e. The molecule has 11 heteroatoms. The van der Waals surface area contributed by atoms with E-state index in [1.807, 2.05) is 19.9 Å². The SMILES string of the molecule is CC(C)C[C@H](Nc1cccc(Cl)c1)C(=O)N1[C@H]2CC[C@@H]([C@H]1C(=O)N[C@H](C#N)C[C@@H]1CCCNC1=O)C(F)(F)C2. The van der Waals surface area contributed by atoms with Crippen LogP contribution in [0.2, 0.25) is 5.02 Å². The van der Waals surface area contributed by atoms with Crippen LogP contribution in [0, 0.1) is 29.1 Å². The van der Waals surface area contributed by atoms with Crippen molar-refractivity contribution in [2.45, 2.75) is 88.9 Å². The quantitative estimate of drug-likeness (QED) is 0.418. The first-order chi connectivity index (χ1) is 18.5. The highest BCUT2D eigenvalue weighted by atomic mass is 35.5. The van der Waals surface area contributed by atoms with Crippen molar-refractivity contribution in [3.63, 3.8) is 0 Å². The van der Waals surface area contributed by atoms with Crippen LogP contribution in [0.15, 0.2) is 24.3 Å². The first-order valence-corrected chi connectivity index (χ1v) is 14.1. The molecule has 6 atom stereocenters. The number of anilines is 1. The number of hydrogen-bond acceptors (Lipinski definition) is 5. The minimum Gasteiger partial charge on any atom is -0.374 e. The smallest absolute Gasteiger partial charge is 0.255 e. The zero-order valence-electron chi connectivity index (χ0n) is 22.3. The molecule has 39 heavy (non-hydrogen) atoms. The molecule has 5 rings (SSSR count). The lowest BCUT2D eigenvalue weighted by Gasteiger charge is -2.54. The fourth-order valence-electron chi connectivity index (χ4n) is 6.22. The fraction of sp³-hybridized carbons (Fsp3) is 0.643. The minimum atomic E-state index is -3.11. The number of alkyl halides is 2. The van der Waals surface area contributed by atoms with E-state index in [1.165, 1.54) is 4.90 Å². The second kappa shape index (κ2) is 12.1. The van der Waals surface area contributed by atoms with Gasteiger partial charge in [0.15, 0.2) is 0 Å². The Morgan fingerprint density at radius 2 is 2.05 bits per heavy atom. The number of rotatable bonds is 9.